The van der Waals surface area contributed by atoms with Crippen LogP contribution in [0.15, 0.2) is 18.2 Å². The van der Waals surface area contributed by atoms with Gasteiger partial charge in [0, 0.05) is 5.92 Å². The Morgan fingerprint density at radius 2 is 2.11 bits per heavy atom. The quantitative estimate of drug-likeness (QED) is 0.895. The molecule has 0 radical (unpaired) electrons. The average molecular weight is 295 g/mol. The van der Waals surface area contributed by atoms with Crippen molar-refractivity contribution in [3.8, 4) is 0 Å². The number of carbonyl (C=O) groups excluding carboxylic acids is 1. The van der Waals surface area contributed by atoms with Crippen LogP contribution in [0.3, 0.4) is 0 Å². The number of nitrogens with two attached hydrogens (primary N) is 1. The standard InChI is InChI=1S/C12H14ClF3N2O/c1-7(4-5-17)11(19)18-10-6-8(12(14,15)16)2-3-9(10)13/h2-3,6-7H,4-5,17H2,1H3,(H,18,19). The van der Waals surface area contributed by atoms with Crippen molar-refractivity contribution >= 4 is 23.2 Å². The van der Waals surface area contributed by atoms with Crippen molar-refractivity contribution in [1.29, 1.82) is 0 Å². The summed E-state index contributed by atoms with van der Waals surface area (Å²) >= 11 is 5.77. The third kappa shape index (κ3) is 4.40. The number of hydrogen-bond donors (Lipinski definition) is 2. The fraction of sp³-hybridized carbons (Fsp3) is 0.417. The molecule has 1 amide bonds. The molecule has 0 fully saturated rings. The molecule has 3 nitrogen and oxygen atoms in total. The van der Waals surface area contributed by atoms with Gasteiger partial charge in [0.2, 0.25) is 5.91 Å². The summed E-state index contributed by atoms with van der Waals surface area (Å²) in [6.45, 7) is 1.97. The smallest absolute Gasteiger partial charge is 0.330 e. The van der Waals surface area contributed by atoms with Gasteiger partial charge in [-0.3, -0.25) is 4.79 Å². The van der Waals surface area contributed by atoms with Crippen LogP contribution in [-0.4, -0.2) is 12.5 Å². The molecule has 106 valence electrons. The molecule has 0 heterocycles. The van der Waals surface area contributed by atoms with E-state index in [-0.39, 0.29) is 10.7 Å². The Kier molecular flexibility index (Phi) is 5.20. The van der Waals surface area contributed by atoms with Crippen LogP contribution in [0.4, 0.5) is 18.9 Å². The minimum absolute atomic E-state index is 0.0506. The second-order valence-electron chi connectivity index (χ2n) is 4.16. The first-order chi connectivity index (χ1) is 8.75. The highest BCUT2D eigenvalue weighted by atomic mass is 35.5. The summed E-state index contributed by atoms with van der Waals surface area (Å²) in [5.74, 6) is -0.803. The molecule has 0 saturated heterocycles. The molecule has 3 N–H and O–H groups in total. The summed E-state index contributed by atoms with van der Waals surface area (Å²) < 4.78 is 37.6. The van der Waals surface area contributed by atoms with E-state index in [9.17, 15) is 18.0 Å². The molecule has 1 unspecified atom stereocenters. The van der Waals surface area contributed by atoms with E-state index in [1.807, 2.05) is 0 Å². The molecule has 0 aliphatic heterocycles. The van der Waals surface area contributed by atoms with Gasteiger partial charge in [0.1, 0.15) is 0 Å². The van der Waals surface area contributed by atoms with Crippen LogP contribution < -0.4 is 11.1 Å². The molecular weight excluding hydrogens is 281 g/mol. The fourth-order valence-electron chi connectivity index (χ4n) is 1.43. The van der Waals surface area contributed by atoms with Gasteiger partial charge in [-0.05, 0) is 31.2 Å². The summed E-state index contributed by atoms with van der Waals surface area (Å²) in [5, 5.41) is 2.44. The van der Waals surface area contributed by atoms with Crippen molar-refractivity contribution in [1.82, 2.24) is 0 Å². The normalized spacial score (nSPS) is 13.2. The summed E-state index contributed by atoms with van der Waals surface area (Å²) in [6, 6.07) is 2.78. The average Bonchev–Trinajstić information content (AvgIpc) is 2.30. The zero-order valence-corrected chi connectivity index (χ0v) is 11.0. The van der Waals surface area contributed by atoms with E-state index in [1.165, 1.54) is 0 Å². The summed E-state index contributed by atoms with van der Waals surface area (Å²) in [5.41, 5.74) is 4.40. The van der Waals surface area contributed by atoms with E-state index in [0.29, 0.717) is 13.0 Å². The third-order valence-corrected chi connectivity index (χ3v) is 2.93. The third-order valence-electron chi connectivity index (χ3n) is 2.60. The number of nitrogens with one attached hydrogen (secondary N) is 1. The first-order valence-corrected chi connectivity index (χ1v) is 6.01. The number of anilines is 1. The lowest BCUT2D eigenvalue weighted by Crippen LogP contribution is -2.23. The first-order valence-electron chi connectivity index (χ1n) is 5.63. The number of alkyl halides is 3. The monoisotopic (exact) mass is 294 g/mol. The Balaban J connectivity index is 2.92. The second-order valence-corrected chi connectivity index (χ2v) is 4.57. The maximum absolute atomic E-state index is 12.5. The van der Waals surface area contributed by atoms with Gasteiger partial charge in [0.25, 0.3) is 0 Å². The lowest BCUT2D eigenvalue weighted by molar-refractivity contribution is -0.137. The van der Waals surface area contributed by atoms with Crippen LogP contribution in [-0.2, 0) is 11.0 Å². The molecule has 0 bridgehead atoms. The van der Waals surface area contributed by atoms with Crippen LogP contribution >= 0.6 is 11.6 Å². The highest BCUT2D eigenvalue weighted by molar-refractivity contribution is 6.33. The van der Waals surface area contributed by atoms with Crippen molar-refractivity contribution in [2.24, 2.45) is 11.7 Å². The van der Waals surface area contributed by atoms with E-state index in [0.717, 1.165) is 18.2 Å². The maximum atomic E-state index is 12.5. The molecule has 1 aromatic carbocycles. The van der Waals surface area contributed by atoms with Gasteiger partial charge in [-0.25, -0.2) is 0 Å². The predicted octanol–water partition coefficient (Wildman–Crippen LogP) is 3.28. The van der Waals surface area contributed by atoms with Crippen LogP contribution in [0.5, 0.6) is 0 Å². The van der Waals surface area contributed by atoms with Crippen LogP contribution in [0.1, 0.15) is 18.9 Å². The van der Waals surface area contributed by atoms with Gasteiger partial charge < -0.3 is 11.1 Å². The molecular formula is C12H14ClF3N2O. The van der Waals surface area contributed by atoms with Gasteiger partial charge in [-0.15, -0.1) is 0 Å². The van der Waals surface area contributed by atoms with Crippen molar-refractivity contribution in [3.05, 3.63) is 28.8 Å². The molecule has 1 rings (SSSR count). The van der Waals surface area contributed by atoms with Crippen molar-refractivity contribution in [2.75, 3.05) is 11.9 Å². The van der Waals surface area contributed by atoms with Crippen molar-refractivity contribution in [3.63, 3.8) is 0 Å². The first kappa shape index (κ1) is 15.8. The van der Waals surface area contributed by atoms with E-state index in [4.69, 9.17) is 17.3 Å². The van der Waals surface area contributed by atoms with Crippen molar-refractivity contribution in [2.45, 2.75) is 19.5 Å². The fourth-order valence-corrected chi connectivity index (χ4v) is 1.60. The summed E-state index contributed by atoms with van der Waals surface area (Å²) in [7, 11) is 0. The van der Waals surface area contributed by atoms with Gasteiger partial charge in [0.15, 0.2) is 0 Å². The molecule has 0 aliphatic rings. The Hall–Kier alpha value is -1.27. The van der Waals surface area contributed by atoms with Gasteiger partial charge in [-0.1, -0.05) is 18.5 Å². The molecule has 0 aromatic heterocycles. The number of carbonyl (C=O) groups is 1. The molecule has 19 heavy (non-hydrogen) atoms. The number of hydrogen-bond acceptors (Lipinski definition) is 2. The number of halogens is 4. The molecule has 0 saturated carbocycles. The van der Waals surface area contributed by atoms with E-state index < -0.39 is 23.6 Å². The van der Waals surface area contributed by atoms with Gasteiger partial charge in [0.05, 0.1) is 16.3 Å². The predicted molar refractivity (Wildman–Crippen MR) is 67.9 cm³/mol. The Labute approximate surface area is 113 Å². The van der Waals surface area contributed by atoms with Crippen molar-refractivity contribution < 1.29 is 18.0 Å². The van der Waals surface area contributed by atoms with Crippen LogP contribution in [0, 0.1) is 5.92 Å². The molecule has 0 spiro atoms. The minimum atomic E-state index is -4.48. The minimum Gasteiger partial charge on any atom is -0.330 e. The van der Waals surface area contributed by atoms with Gasteiger partial charge >= 0.3 is 6.18 Å². The second kappa shape index (κ2) is 6.25. The Morgan fingerprint density at radius 3 is 2.63 bits per heavy atom. The maximum Gasteiger partial charge on any atom is 0.416 e. The summed E-state index contributed by atoms with van der Waals surface area (Å²) in [6.07, 6.45) is -4.03. The lowest BCUT2D eigenvalue weighted by Gasteiger charge is -2.14. The van der Waals surface area contributed by atoms with Gasteiger partial charge in [-0.2, -0.15) is 13.2 Å². The topological polar surface area (TPSA) is 55.1 Å². The molecule has 0 aliphatic carbocycles. The van der Waals surface area contributed by atoms with Crippen LogP contribution in [0.2, 0.25) is 5.02 Å². The highest BCUT2D eigenvalue weighted by Crippen LogP contribution is 2.33. The van der Waals surface area contributed by atoms with Crippen LogP contribution in [0.25, 0.3) is 0 Å². The zero-order chi connectivity index (χ0) is 14.6. The summed E-state index contributed by atoms with van der Waals surface area (Å²) in [4.78, 5) is 11.7. The Morgan fingerprint density at radius 1 is 1.47 bits per heavy atom. The number of amides is 1. The Bertz CT molecular complexity index is 463. The van der Waals surface area contributed by atoms with E-state index in [1.54, 1.807) is 6.92 Å². The largest absolute Gasteiger partial charge is 0.416 e. The molecule has 1 atom stereocenters. The molecule has 7 heteroatoms. The van der Waals surface area contributed by atoms with E-state index >= 15 is 0 Å². The lowest BCUT2D eigenvalue weighted by atomic mass is 10.1. The number of rotatable bonds is 4. The number of benzene rings is 1. The zero-order valence-electron chi connectivity index (χ0n) is 10.2. The molecule has 1 aromatic rings. The van der Waals surface area contributed by atoms with E-state index in [2.05, 4.69) is 5.32 Å². The SMILES string of the molecule is CC(CCN)C(=O)Nc1cc(C(F)(F)F)ccc1Cl. The highest BCUT2D eigenvalue weighted by Gasteiger charge is 2.31.